The van der Waals surface area contributed by atoms with E-state index >= 15 is 0 Å². The SMILES string of the molecule is CNc1ccc(OCC(=O)NC2(C#N)CCCCC2)cc1. The van der Waals surface area contributed by atoms with Gasteiger partial charge >= 0.3 is 0 Å². The van der Waals surface area contributed by atoms with Crippen molar-refractivity contribution in [1.82, 2.24) is 5.32 Å². The molecule has 0 atom stereocenters. The lowest BCUT2D eigenvalue weighted by Gasteiger charge is -2.31. The number of nitriles is 1. The summed E-state index contributed by atoms with van der Waals surface area (Å²) in [6, 6.07) is 9.64. The molecule has 1 aliphatic carbocycles. The minimum atomic E-state index is -0.700. The Hall–Kier alpha value is -2.22. The zero-order valence-corrected chi connectivity index (χ0v) is 12.3. The third-order valence-corrected chi connectivity index (χ3v) is 3.81. The van der Waals surface area contributed by atoms with Crippen molar-refractivity contribution in [3.63, 3.8) is 0 Å². The van der Waals surface area contributed by atoms with Crippen molar-refractivity contribution in [2.24, 2.45) is 0 Å². The lowest BCUT2D eigenvalue weighted by atomic mass is 9.83. The van der Waals surface area contributed by atoms with Crippen molar-refractivity contribution in [3.05, 3.63) is 24.3 Å². The fraction of sp³-hybridized carbons (Fsp3) is 0.500. The smallest absolute Gasteiger partial charge is 0.259 e. The first-order chi connectivity index (χ1) is 10.2. The van der Waals surface area contributed by atoms with Crippen LogP contribution in [0.5, 0.6) is 5.75 Å². The van der Waals surface area contributed by atoms with Gasteiger partial charge in [-0.15, -0.1) is 0 Å². The van der Waals surface area contributed by atoms with Crippen molar-refractivity contribution >= 4 is 11.6 Å². The number of hydrogen-bond acceptors (Lipinski definition) is 4. The molecule has 0 spiro atoms. The minimum absolute atomic E-state index is 0.0671. The number of carbonyl (C=O) groups excluding carboxylic acids is 1. The van der Waals surface area contributed by atoms with Crippen molar-refractivity contribution in [1.29, 1.82) is 5.26 Å². The molecule has 21 heavy (non-hydrogen) atoms. The summed E-state index contributed by atoms with van der Waals surface area (Å²) >= 11 is 0. The number of anilines is 1. The summed E-state index contributed by atoms with van der Waals surface area (Å²) in [7, 11) is 1.84. The average molecular weight is 287 g/mol. The molecule has 0 aromatic heterocycles. The van der Waals surface area contributed by atoms with Gasteiger partial charge in [0.05, 0.1) is 6.07 Å². The van der Waals surface area contributed by atoms with Gasteiger partial charge in [-0.1, -0.05) is 19.3 Å². The van der Waals surface area contributed by atoms with Crippen LogP contribution in [-0.2, 0) is 4.79 Å². The zero-order valence-electron chi connectivity index (χ0n) is 12.3. The van der Waals surface area contributed by atoms with Gasteiger partial charge < -0.3 is 15.4 Å². The molecule has 1 aliphatic rings. The number of nitrogens with one attached hydrogen (secondary N) is 2. The molecule has 0 saturated heterocycles. The lowest BCUT2D eigenvalue weighted by Crippen LogP contribution is -2.50. The fourth-order valence-corrected chi connectivity index (χ4v) is 2.59. The number of ether oxygens (including phenoxy) is 1. The standard InChI is InChI=1S/C16H21N3O2/c1-18-13-5-7-14(8-6-13)21-11-15(20)19-16(12-17)9-3-2-4-10-16/h5-8,18H,2-4,9-11H2,1H3,(H,19,20). The molecular formula is C16H21N3O2. The van der Waals surface area contributed by atoms with Gasteiger partial charge in [0.25, 0.3) is 5.91 Å². The van der Waals surface area contributed by atoms with Crippen LogP contribution >= 0.6 is 0 Å². The van der Waals surface area contributed by atoms with Crippen molar-refractivity contribution in [2.45, 2.75) is 37.6 Å². The van der Waals surface area contributed by atoms with Crippen molar-refractivity contribution < 1.29 is 9.53 Å². The second-order valence-electron chi connectivity index (χ2n) is 5.37. The van der Waals surface area contributed by atoms with Crippen molar-refractivity contribution in [2.75, 3.05) is 19.0 Å². The molecule has 5 nitrogen and oxygen atoms in total. The second kappa shape index (κ2) is 6.98. The predicted molar refractivity (Wildman–Crippen MR) is 81.1 cm³/mol. The Labute approximate surface area is 125 Å². The van der Waals surface area contributed by atoms with Gasteiger partial charge in [-0.05, 0) is 37.1 Å². The Kier molecular flexibility index (Phi) is 5.04. The summed E-state index contributed by atoms with van der Waals surface area (Å²) in [5.74, 6) is 0.398. The summed E-state index contributed by atoms with van der Waals surface area (Å²) in [6.45, 7) is -0.0671. The molecule has 5 heteroatoms. The molecular weight excluding hydrogens is 266 g/mol. The predicted octanol–water partition coefficient (Wildman–Crippen LogP) is 2.45. The van der Waals surface area contributed by atoms with Gasteiger partial charge in [0, 0.05) is 12.7 Å². The highest BCUT2D eigenvalue weighted by Crippen LogP contribution is 2.27. The third-order valence-electron chi connectivity index (χ3n) is 3.81. The number of carbonyl (C=O) groups is 1. The molecule has 1 amide bonds. The molecule has 2 N–H and O–H groups in total. The maximum Gasteiger partial charge on any atom is 0.259 e. The minimum Gasteiger partial charge on any atom is -0.484 e. The van der Waals surface area contributed by atoms with E-state index < -0.39 is 5.54 Å². The summed E-state index contributed by atoms with van der Waals surface area (Å²) < 4.78 is 5.45. The number of amides is 1. The molecule has 112 valence electrons. The summed E-state index contributed by atoms with van der Waals surface area (Å²) in [5, 5.41) is 15.2. The summed E-state index contributed by atoms with van der Waals surface area (Å²) in [6.07, 6.45) is 4.56. The number of hydrogen-bond donors (Lipinski definition) is 2. The monoisotopic (exact) mass is 287 g/mol. The molecule has 1 fully saturated rings. The van der Waals surface area contributed by atoms with Crippen LogP contribution in [0.1, 0.15) is 32.1 Å². The first-order valence-electron chi connectivity index (χ1n) is 7.30. The highest BCUT2D eigenvalue weighted by molar-refractivity contribution is 5.78. The number of benzene rings is 1. The molecule has 1 aromatic rings. The Morgan fingerprint density at radius 3 is 2.52 bits per heavy atom. The van der Waals surface area contributed by atoms with E-state index in [0.29, 0.717) is 5.75 Å². The quantitative estimate of drug-likeness (QED) is 0.872. The van der Waals surface area contributed by atoms with E-state index in [2.05, 4.69) is 16.7 Å². The van der Waals surface area contributed by atoms with E-state index in [0.717, 1.165) is 37.8 Å². The van der Waals surface area contributed by atoms with Crippen LogP contribution in [0.4, 0.5) is 5.69 Å². The topological polar surface area (TPSA) is 74.2 Å². The van der Waals surface area contributed by atoms with Crippen LogP contribution in [0.15, 0.2) is 24.3 Å². The Bertz CT molecular complexity index is 513. The van der Waals surface area contributed by atoms with E-state index in [-0.39, 0.29) is 12.5 Å². The van der Waals surface area contributed by atoms with Gasteiger partial charge in [0.2, 0.25) is 0 Å². The summed E-state index contributed by atoms with van der Waals surface area (Å²) in [5.41, 5.74) is 0.284. The first kappa shape index (κ1) is 15.2. The number of nitrogens with zero attached hydrogens (tertiary/aromatic N) is 1. The molecule has 0 aliphatic heterocycles. The van der Waals surface area contributed by atoms with Crippen LogP contribution in [0.2, 0.25) is 0 Å². The van der Waals surface area contributed by atoms with Crippen LogP contribution in [0, 0.1) is 11.3 Å². The highest BCUT2D eigenvalue weighted by atomic mass is 16.5. The van der Waals surface area contributed by atoms with Gasteiger partial charge in [-0.2, -0.15) is 5.26 Å². The number of rotatable bonds is 5. The van der Waals surface area contributed by atoms with Gasteiger partial charge in [-0.3, -0.25) is 4.79 Å². The first-order valence-corrected chi connectivity index (χ1v) is 7.30. The molecule has 0 unspecified atom stereocenters. The van der Waals surface area contributed by atoms with Crippen LogP contribution in [-0.4, -0.2) is 25.1 Å². The Balaban J connectivity index is 1.85. The van der Waals surface area contributed by atoms with E-state index in [1.54, 1.807) is 12.1 Å². The van der Waals surface area contributed by atoms with Crippen LogP contribution in [0.25, 0.3) is 0 Å². The molecule has 2 rings (SSSR count). The van der Waals surface area contributed by atoms with Gasteiger partial charge in [-0.25, -0.2) is 0 Å². The Morgan fingerprint density at radius 1 is 1.29 bits per heavy atom. The normalized spacial score (nSPS) is 16.6. The van der Waals surface area contributed by atoms with E-state index in [1.807, 2.05) is 19.2 Å². The largest absolute Gasteiger partial charge is 0.484 e. The van der Waals surface area contributed by atoms with Crippen LogP contribution < -0.4 is 15.4 Å². The van der Waals surface area contributed by atoms with Gasteiger partial charge in [0.15, 0.2) is 6.61 Å². The summed E-state index contributed by atoms with van der Waals surface area (Å²) in [4.78, 5) is 12.0. The molecule has 1 saturated carbocycles. The maximum absolute atomic E-state index is 12.0. The second-order valence-corrected chi connectivity index (χ2v) is 5.37. The van der Waals surface area contributed by atoms with E-state index in [1.165, 1.54) is 0 Å². The van der Waals surface area contributed by atoms with Crippen molar-refractivity contribution in [3.8, 4) is 11.8 Å². The van der Waals surface area contributed by atoms with E-state index in [9.17, 15) is 10.1 Å². The highest BCUT2D eigenvalue weighted by Gasteiger charge is 2.33. The fourth-order valence-electron chi connectivity index (χ4n) is 2.59. The molecule has 0 heterocycles. The lowest BCUT2D eigenvalue weighted by molar-refractivity contribution is -0.124. The Morgan fingerprint density at radius 2 is 1.95 bits per heavy atom. The molecule has 0 radical (unpaired) electrons. The van der Waals surface area contributed by atoms with Crippen LogP contribution in [0.3, 0.4) is 0 Å². The zero-order chi connectivity index (χ0) is 15.1. The van der Waals surface area contributed by atoms with E-state index in [4.69, 9.17) is 4.74 Å². The molecule has 0 bridgehead atoms. The molecule has 1 aromatic carbocycles. The average Bonchev–Trinajstić information content (AvgIpc) is 2.54. The third kappa shape index (κ3) is 4.12. The van der Waals surface area contributed by atoms with Gasteiger partial charge in [0.1, 0.15) is 11.3 Å². The maximum atomic E-state index is 12.0.